The summed E-state index contributed by atoms with van der Waals surface area (Å²) in [5, 5.41) is 33.4. The van der Waals surface area contributed by atoms with Crippen LogP contribution in [0.1, 0.15) is 194 Å². The van der Waals surface area contributed by atoms with Gasteiger partial charge in [0.15, 0.2) is 0 Å². The minimum Gasteiger partial charge on any atom is -0.481 e. The van der Waals surface area contributed by atoms with Crippen molar-refractivity contribution in [1.82, 2.24) is 12.3 Å². The van der Waals surface area contributed by atoms with E-state index in [9.17, 15) is 19.2 Å². The minimum atomic E-state index is -0.740. The van der Waals surface area contributed by atoms with Gasteiger partial charge in [0.1, 0.15) is 0 Å². The highest BCUT2D eigenvalue weighted by molar-refractivity contribution is 5.67. The molecule has 0 atom stereocenters. The number of unbranched alkanes of at least 4 members (excludes halogenated alkanes) is 20. The van der Waals surface area contributed by atoms with E-state index in [2.05, 4.69) is 13.8 Å². The highest BCUT2D eigenvalue weighted by Crippen LogP contribution is 2.10. The third-order valence-electron chi connectivity index (χ3n) is 7.18. The highest BCUT2D eigenvalue weighted by Gasteiger charge is 1.99. The molecule has 0 saturated carbocycles. The first-order valence-electron chi connectivity index (χ1n) is 18.4. The Labute approximate surface area is 293 Å². The van der Waals surface area contributed by atoms with E-state index in [1.165, 1.54) is 77.0 Å². The molecule has 0 spiro atoms. The van der Waals surface area contributed by atoms with Crippen LogP contribution >= 0.6 is 0 Å². The number of hydrogen-bond donors (Lipinski definition) is 8. The van der Waals surface area contributed by atoms with Crippen molar-refractivity contribution in [3.63, 3.8) is 0 Å². The molecule has 0 bridgehead atoms. The second-order valence-corrected chi connectivity index (χ2v) is 11.9. The second-order valence-electron chi connectivity index (χ2n) is 11.9. The van der Waals surface area contributed by atoms with Crippen LogP contribution in [0.3, 0.4) is 0 Å². The van der Waals surface area contributed by atoms with Crippen LogP contribution in [0.25, 0.3) is 0 Å². The van der Waals surface area contributed by atoms with Crippen LogP contribution in [0.15, 0.2) is 0 Å². The maximum atomic E-state index is 10.1. The molecule has 0 heterocycles. The first-order chi connectivity index (χ1) is 22.1. The van der Waals surface area contributed by atoms with Crippen molar-refractivity contribution in [3.8, 4) is 0 Å². The van der Waals surface area contributed by atoms with E-state index in [1.54, 1.807) is 0 Å². The van der Waals surface area contributed by atoms with Gasteiger partial charge >= 0.3 is 23.9 Å². The molecule has 14 N–H and O–H groups in total. The average Bonchev–Trinajstić information content (AvgIpc) is 3.00. The molecule has 292 valence electrons. The van der Waals surface area contributed by atoms with Gasteiger partial charge in [-0.05, 0) is 51.6 Å². The van der Waals surface area contributed by atoms with E-state index in [0.29, 0.717) is 12.8 Å². The lowest BCUT2D eigenvalue weighted by Crippen LogP contribution is -2.00. The summed E-state index contributed by atoms with van der Waals surface area (Å²) >= 11 is 0. The molecule has 0 saturated heterocycles. The molecule has 0 aliphatic rings. The summed E-state index contributed by atoms with van der Waals surface area (Å²) in [6, 6.07) is 0. The van der Waals surface area contributed by atoms with Crippen molar-refractivity contribution in [1.29, 1.82) is 0 Å². The van der Waals surface area contributed by atoms with Crippen LogP contribution in [-0.4, -0.2) is 57.4 Å². The summed E-state index contributed by atoms with van der Waals surface area (Å²) in [6.45, 7) is 6.05. The van der Waals surface area contributed by atoms with E-state index >= 15 is 0 Å². The summed E-state index contributed by atoms with van der Waals surface area (Å²) in [7, 11) is 0. The molecular weight excluding hydrogens is 616 g/mol. The summed E-state index contributed by atoms with van der Waals surface area (Å²) in [5.41, 5.74) is 10.6. The number of rotatable bonds is 30. The Morgan fingerprint density at radius 3 is 0.667 bits per heavy atom. The molecule has 12 nitrogen and oxygen atoms in total. The maximum absolute atomic E-state index is 10.1. The van der Waals surface area contributed by atoms with Crippen LogP contribution in [-0.2, 0) is 19.2 Å². The van der Waals surface area contributed by atoms with E-state index < -0.39 is 23.9 Å². The van der Waals surface area contributed by atoms with Gasteiger partial charge < -0.3 is 44.2 Å². The molecule has 48 heavy (non-hydrogen) atoms. The number of carboxylic acids is 4. The molecule has 0 fully saturated rings. The van der Waals surface area contributed by atoms with Crippen molar-refractivity contribution in [2.45, 2.75) is 194 Å². The fourth-order valence-corrected chi connectivity index (χ4v) is 4.37. The van der Waals surface area contributed by atoms with Gasteiger partial charge in [-0.2, -0.15) is 0 Å². The quantitative estimate of drug-likeness (QED) is 0.0326. The highest BCUT2D eigenvalue weighted by atomic mass is 16.4. The molecule has 0 rings (SSSR count). The maximum Gasteiger partial charge on any atom is 0.303 e. The van der Waals surface area contributed by atoms with Gasteiger partial charge in [-0.1, -0.05) is 129 Å². The smallest absolute Gasteiger partial charge is 0.303 e. The predicted molar refractivity (Wildman–Crippen MR) is 199 cm³/mol. The van der Waals surface area contributed by atoms with Crippen LogP contribution in [0.4, 0.5) is 0 Å². The van der Waals surface area contributed by atoms with Crippen LogP contribution in [0.5, 0.6) is 0 Å². The number of aliphatic carboxylic acids is 4. The van der Waals surface area contributed by atoms with Gasteiger partial charge in [0.2, 0.25) is 0 Å². The zero-order chi connectivity index (χ0) is 35.5. The third-order valence-corrected chi connectivity index (χ3v) is 7.18. The van der Waals surface area contributed by atoms with Crippen LogP contribution in [0, 0.1) is 0 Å². The Morgan fingerprint density at radius 1 is 0.333 bits per heavy atom. The van der Waals surface area contributed by atoms with Crippen LogP contribution in [0.2, 0.25) is 0 Å². The van der Waals surface area contributed by atoms with Crippen molar-refractivity contribution < 1.29 is 39.6 Å². The molecule has 0 radical (unpaired) electrons. The molecule has 0 aromatic rings. The molecule has 0 aliphatic carbocycles. The SMILES string of the molecule is CCCCCCCCCC(=O)O.CCCCCCCCCC(=O)O.N.N.NCCCCCCN.O=C(O)CCCCCCCCC(=O)O. The van der Waals surface area contributed by atoms with Gasteiger partial charge in [0, 0.05) is 25.7 Å². The molecule has 0 aliphatic heterocycles. The van der Waals surface area contributed by atoms with Gasteiger partial charge in [0.25, 0.3) is 0 Å². The molecule has 0 unspecified atom stereocenters. The largest absolute Gasteiger partial charge is 0.481 e. The second kappa shape index (κ2) is 54.2. The minimum absolute atomic E-state index is 0. The van der Waals surface area contributed by atoms with E-state index in [0.717, 1.165) is 90.1 Å². The number of carboxylic acid groups (broad SMARTS) is 4. The Hall–Kier alpha value is -2.28. The monoisotopic (exact) mass is 697 g/mol. The van der Waals surface area contributed by atoms with E-state index in [-0.39, 0.29) is 25.1 Å². The number of hydrogen-bond acceptors (Lipinski definition) is 8. The standard InChI is InChI=1S/C10H18O4.2C10H20O2.C6H16N2.2H3N/c11-9(12)7-5-3-1-2-4-6-8-10(13)14;2*1-2-3-4-5-6-7-8-9-10(11)12;7-5-3-1-2-4-6-8;;/h1-8H2,(H,11,12)(H,13,14);2*2-9H2,1H3,(H,11,12);1-8H2;2*1H3. The summed E-state index contributed by atoms with van der Waals surface area (Å²) in [4.78, 5) is 40.6. The normalized spacial score (nSPS) is 9.58. The van der Waals surface area contributed by atoms with E-state index in [1.807, 2.05) is 0 Å². The third kappa shape index (κ3) is 79.3. The van der Waals surface area contributed by atoms with Gasteiger partial charge in [0.05, 0.1) is 0 Å². The Kier molecular flexibility index (Phi) is 65.4. The molecular formula is C36H80N4O8. The molecule has 0 aromatic carbocycles. The fraction of sp³-hybridized carbons (Fsp3) is 0.889. The molecule has 12 heteroatoms. The fourth-order valence-electron chi connectivity index (χ4n) is 4.37. The van der Waals surface area contributed by atoms with Crippen molar-refractivity contribution in [2.75, 3.05) is 13.1 Å². The molecule has 0 aromatic heterocycles. The topological polar surface area (TPSA) is 271 Å². The summed E-state index contributed by atoms with van der Waals surface area (Å²) < 4.78 is 0. The first-order valence-corrected chi connectivity index (χ1v) is 18.4. The lowest BCUT2D eigenvalue weighted by atomic mass is 10.1. The Morgan fingerprint density at radius 2 is 0.500 bits per heavy atom. The lowest BCUT2D eigenvalue weighted by molar-refractivity contribution is -0.138. The van der Waals surface area contributed by atoms with Crippen molar-refractivity contribution >= 4 is 23.9 Å². The average molecular weight is 697 g/mol. The van der Waals surface area contributed by atoms with Crippen molar-refractivity contribution in [2.24, 2.45) is 11.5 Å². The number of nitrogens with two attached hydrogens (primary N) is 2. The summed E-state index contributed by atoms with van der Waals surface area (Å²) in [6.07, 6.45) is 27.9. The van der Waals surface area contributed by atoms with Gasteiger partial charge in [-0.25, -0.2) is 0 Å². The molecule has 0 amide bonds. The van der Waals surface area contributed by atoms with E-state index in [4.69, 9.17) is 31.9 Å². The van der Waals surface area contributed by atoms with Crippen LogP contribution < -0.4 is 23.8 Å². The zero-order valence-corrected chi connectivity index (χ0v) is 31.2. The Balaban J connectivity index is -0.000000123. The zero-order valence-electron chi connectivity index (χ0n) is 31.2. The van der Waals surface area contributed by atoms with Gasteiger partial charge in [-0.3, -0.25) is 19.2 Å². The summed E-state index contributed by atoms with van der Waals surface area (Å²) in [5.74, 6) is -2.81. The number of carbonyl (C=O) groups is 4. The first kappa shape index (κ1) is 58.0. The van der Waals surface area contributed by atoms with Crippen molar-refractivity contribution in [3.05, 3.63) is 0 Å². The predicted octanol–water partition coefficient (Wildman–Crippen LogP) is 9.49. The lowest BCUT2D eigenvalue weighted by Gasteiger charge is -1.98. The Bertz CT molecular complexity index is 601. The van der Waals surface area contributed by atoms with Gasteiger partial charge in [-0.15, -0.1) is 0 Å².